The Balaban J connectivity index is 1.55. The van der Waals surface area contributed by atoms with Gasteiger partial charge in [0.1, 0.15) is 17.7 Å². The second-order valence-electron chi connectivity index (χ2n) is 6.30. The first kappa shape index (κ1) is 15.0. The van der Waals surface area contributed by atoms with Crippen molar-refractivity contribution in [2.24, 2.45) is 0 Å². The molecule has 4 heterocycles. The summed E-state index contributed by atoms with van der Waals surface area (Å²) in [4.78, 5) is 13.3. The molecule has 26 heavy (non-hydrogen) atoms. The van der Waals surface area contributed by atoms with Gasteiger partial charge in [-0.05, 0) is 24.3 Å². The Bertz CT molecular complexity index is 1080. The predicted molar refractivity (Wildman–Crippen MR) is 93.5 cm³/mol. The Morgan fingerprint density at radius 1 is 1.15 bits per heavy atom. The van der Waals surface area contributed by atoms with E-state index in [-0.39, 0.29) is 0 Å². The fourth-order valence-electron chi connectivity index (χ4n) is 3.11. The van der Waals surface area contributed by atoms with E-state index in [4.69, 9.17) is 0 Å². The number of aromatic nitrogens is 5. The maximum Gasteiger partial charge on any atom is 0.181 e. The number of nitrogens with one attached hydrogen (secondary N) is 1. The minimum Gasteiger partial charge on any atom is -0.365 e. The van der Waals surface area contributed by atoms with Crippen LogP contribution >= 0.6 is 0 Å². The molecule has 4 aromatic rings. The third-order valence-corrected chi connectivity index (χ3v) is 4.53. The second kappa shape index (κ2) is 5.62. The molecule has 1 N–H and O–H groups in total. The highest BCUT2D eigenvalue weighted by atomic mass is 19.1. The highest BCUT2D eigenvalue weighted by Gasteiger charge is 2.27. The Kier molecular flexibility index (Phi) is 3.24. The second-order valence-corrected chi connectivity index (χ2v) is 6.30. The molecule has 1 saturated heterocycles. The van der Waals surface area contributed by atoms with Crippen molar-refractivity contribution >= 4 is 16.7 Å². The summed E-state index contributed by atoms with van der Waals surface area (Å²) < 4.78 is 28.9. The first-order valence-electron chi connectivity index (χ1n) is 8.21. The van der Waals surface area contributed by atoms with Gasteiger partial charge in [-0.1, -0.05) is 0 Å². The van der Waals surface area contributed by atoms with Crippen molar-refractivity contribution < 1.29 is 8.78 Å². The van der Waals surface area contributed by atoms with E-state index in [1.807, 2.05) is 11.0 Å². The van der Waals surface area contributed by atoms with Crippen LogP contribution in [0.15, 0.2) is 49.2 Å². The van der Waals surface area contributed by atoms with Gasteiger partial charge in [0.2, 0.25) is 0 Å². The molecule has 0 unspecified atom stereocenters. The Morgan fingerprint density at radius 3 is 2.81 bits per heavy atom. The van der Waals surface area contributed by atoms with Crippen LogP contribution in [0.5, 0.6) is 0 Å². The molecular formula is C18H14F2N6. The van der Waals surface area contributed by atoms with E-state index in [2.05, 4.69) is 20.1 Å². The quantitative estimate of drug-likeness (QED) is 0.615. The number of pyridine rings is 1. The summed E-state index contributed by atoms with van der Waals surface area (Å²) in [7, 11) is 0. The number of alkyl halides is 1. The molecule has 0 saturated carbocycles. The van der Waals surface area contributed by atoms with Crippen LogP contribution in [0, 0.1) is 5.82 Å². The number of fused-ring (bicyclic) bond motifs is 1. The fraction of sp³-hybridized carbons (Fsp3) is 0.167. The van der Waals surface area contributed by atoms with E-state index in [1.54, 1.807) is 37.1 Å². The number of hydrogen-bond acceptors (Lipinski definition) is 4. The molecule has 0 bridgehead atoms. The van der Waals surface area contributed by atoms with Gasteiger partial charge in [0.25, 0.3) is 0 Å². The van der Waals surface area contributed by atoms with Crippen molar-refractivity contribution in [1.29, 1.82) is 0 Å². The highest BCUT2D eigenvalue weighted by Crippen LogP contribution is 2.27. The minimum atomic E-state index is -0.819. The maximum absolute atomic E-state index is 14.4. The van der Waals surface area contributed by atoms with Gasteiger partial charge in [-0.2, -0.15) is 0 Å². The maximum atomic E-state index is 14.4. The van der Waals surface area contributed by atoms with Crippen LogP contribution in [0.3, 0.4) is 0 Å². The minimum absolute atomic E-state index is 0.309. The molecule has 1 aliphatic heterocycles. The lowest BCUT2D eigenvalue weighted by Crippen LogP contribution is -2.48. The number of halogens is 2. The first-order chi connectivity index (χ1) is 12.7. The average molecular weight is 352 g/mol. The molecule has 1 fully saturated rings. The van der Waals surface area contributed by atoms with Crippen LogP contribution in [0.25, 0.3) is 28.0 Å². The lowest BCUT2D eigenvalue weighted by molar-refractivity contribution is 0.275. The van der Waals surface area contributed by atoms with Crippen LogP contribution in [0.4, 0.5) is 14.5 Å². The van der Waals surface area contributed by atoms with E-state index >= 15 is 0 Å². The molecule has 130 valence electrons. The molecular weight excluding hydrogens is 338 g/mol. The molecule has 0 amide bonds. The lowest BCUT2D eigenvalue weighted by Gasteiger charge is -2.36. The molecule has 3 aromatic heterocycles. The number of aromatic amines is 1. The smallest absolute Gasteiger partial charge is 0.181 e. The van der Waals surface area contributed by atoms with Crippen LogP contribution in [0.2, 0.25) is 0 Å². The monoisotopic (exact) mass is 352 g/mol. The summed E-state index contributed by atoms with van der Waals surface area (Å²) in [6, 6.07) is 6.63. The Labute approximate surface area is 147 Å². The zero-order valence-corrected chi connectivity index (χ0v) is 13.6. The van der Waals surface area contributed by atoms with Crippen molar-refractivity contribution in [1.82, 2.24) is 24.7 Å². The van der Waals surface area contributed by atoms with Crippen LogP contribution in [0.1, 0.15) is 0 Å². The summed E-state index contributed by atoms with van der Waals surface area (Å²) in [5.74, 6) is -0.397. The van der Waals surface area contributed by atoms with Crippen molar-refractivity contribution in [3.05, 3.63) is 55.0 Å². The van der Waals surface area contributed by atoms with Gasteiger partial charge in [0.05, 0.1) is 25.1 Å². The van der Waals surface area contributed by atoms with E-state index < -0.39 is 12.0 Å². The summed E-state index contributed by atoms with van der Waals surface area (Å²) in [6.45, 7) is 0.668. The third kappa shape index (κ3) is 2.42. The van der Waals surface area contributed by atoms with Gasteiger partial charge in [0.15, 0.2) is 5.65 Å². The van der Waals surface area contributed by atoms with Crippen molar-refractivity contribution in [2.75, 3.05) is 18.0 Å². The topological polar surface area (TPSA) is 62.6 Å². The van der Waals surface area contributed by atoms with Crippen LogP contribution < -0.4 is 4.90 Å². The molecule has 5 rings (SSSR count). The van der Waals surface area contributed by atoms with Gasteiger partial charge in [0, 0.05) is 35.2 Å². The molecule has 0 spiro atoms. The zero-order chi connectivity index (χ0) is 17.7. The molecule has 6 nitrogen and oxygen atoms in total. The molecule has 1 aromatic carbocycles. The van der Waals surface area contributed by atoms with Gasteiger partial charge < -0.3 is 9.88 Å². The standard InChI is InChI=1S/C18H14F2N6/c19-13-8-25(9-13)14-1-2-15(20)17(4-14)26-7-12-3-11(5-22-18(12)24-26)16-6-21-10-23-16/h1-7,10,13H,8-9H2,(H,21,23). The molecule has 1 aliphatic rings. The fourth-order valence-corrected chi connectivity index (χ4v) is 3.11. The summed E-state index contributed by atoms with van der Waals surface area (Å²) in [5, 5.41) is 5.15. The van der Waals surface area contributed by atoms with Crippen molar-refractivity contribution in [3.63, 3.8) is 0 Å². The largest absolute Gasteiger partial charge is 0.365 e. The van der Waals surface area contributed by atoms with Crippen LogP contribution in [-0.2, 0) is 0 Å². The normalized spacial score (nSPS) is 14.8. The third-order valence-electron chi connectivity index (χ3n) is 4.53. The molecule has 8 heteroatoms. The number of rotatable bonds is 3. The van der Waals surface area contributed by atoms with Gasteiger partial charge in [-0.3, -0.25) is 0 Å². The SMILES string of the molecule is Fc1ccc(N2CC(F)C2)cc1-n1cc2cc(-c3c[nH]cn3)cnc2n1. The van der Waals surface area contributed by atoms with Crippen LogP contribution in [-0.4, -0.2) is 44.0 Å². The van der Waals surface area contributed by atoms with Gasteiger partial charge in [-0.15, -0.1) is 5.10 Å². The van der Waals surface area contributed by atoms with Crippen molar-refractivity contribution in [2.45, 2.75) is 6.17 Å². The van der Waals surface area contributed by atoms with E-state index in [1.165, 1.54) is 10.7 Å². The number of H-pyrrole nitrogens is 1. The summed E-state index contributed by atoms with van der Waals surface area (Å²) in [5.41, 5.74) is 3.23. The average Bonchev–Trinajstić information content (AvgIpc) is 3.28. The van der Waals surface area contributed by atoms with Gasteiger partial charge in [-0.25, -0.2) is 23.4 Å². The Hall–Kier alpha value is -3.29. The number of nitrogens with zero attached hydrogens (tertiary/aromatic N) is 5. The molecule has 0 radical (unpaired) electrons. The van der Waals surface area contributed by atoms with Gasteiger partial charge >= 0.3 is 0 Å². The van der Waals surface area contributed by atoms with E-state index in [0.717, 1.165) is 22.3 Å². The number of anilines is 1. The predicted octanol–water partition coefficient (Wildman–Crippen LogP) is 3.11. The number of imidazole rings is 1. The zero-order valence-electron chi connectivity index (χ0n) is 13.6. The molecule has 0 atom stereocenters. The van der Waals surface area contributed by atoms with E-state index in [9.17, 15) is 8.78 Å². The van der Waals surface area contributed by atoms with E-state index in [0.29, 0.717) is 24.4 Å². The first-order valence-corrected chi connectivity index (χ1v) is 8.21. The Morgan fingerprint density at radius 2 is 2.04 bits per heavy atom. The number of benzene rings is 1. The molecule has 0 aliphatic carbocycles. The van der Waals surface area contributed by atoms with Crippen molar-refractivity contribution in [3.8, 4) is 16.9 Å². The number of hydrogen-bond donors (Lipinski definition) is 1. The lowest BCUT2D eigenvalue weighted by atomic mass is 10.1. The summed E-state index contributed by atoms with van der Waals surface area (Å²) in [6.07, 6.45) is 5.97. The summed E-state index contributed by atoms with van der Waals surface area (Å²) >= 11 is 0. The highest BCUT2D eigenvalue weighted by molar-refractivity contribution is 5.80.